The van der Waals surface area contributed by atoms with Crippen molar-refractivity contribution in [2.24, 2.45) is 0 Å². The molecule has 8 heteroatoms. The van der Waals surface area contributed by atoms with E-state index < -0.39 is 32.3 Å². The molecule has 0 aliphatic rings. The third-order valence-electron chi connectivity index (χ3n) is 3.04. The van der Waals surface area contributed by atoms with Gasteiger partial charge in [0.2, 0.25) is 0 Å². The van der Waals surface area contributed by atoms with Crippen LogP contribution in [0.1, 0.15) is 18.1 Å². The van der Waals surface area contributed by atoms with E-state index in [9.17, 15) is 26.4 Å². The van der Waals surface area contributed by atoms with Crippen molar-refractivity contribution >= 4 is 21.7 Å². The number of rotatable bonds is 6. The lowest BCUT2D eigenvalue weighted by atomic mass is 10.1. The first-order chi connectivity index (χ1) is 10.4. The molecule has 0 amide bonds. The van der Waals surface area contributed by atoms with Crippen LogP contribution in [0.2, 0.25) is 0 Å². The molecule has 1 rings (SSSR count). The summed E-state index contributed by atoms with van der Waals surface area (Å²) in [6, 6.07) is 4.53. The summed E-state index contributed by atoms with van der Waals surface area (Å²) in [4.78, 5) is 12.7. The Hall–Kier alpha value is -1.67. The van der Waals surface area contributed by atoms with Crippen LogP contribution >= 0.6 is 0 Å². The SMILES string of the molecule is CC(=O)C(=Cc1ccccc1C(F)(F)F)S(=O)(=O)CCN(C)C. The minimum absolute atomic E-state index is 0.161. The summed E-state index contributed by atoms with van der Waals surface area (Å²) in [5.41, 5.74) is -1.33. The summed E-state index contributed by atoms with van der Waals surface area (Å²) in [6.07, 6.45) is -3.83. The van der Waals surface area contributed by atoms with Crippen LogP contribution in [0.4, 0.5) is 13.2 Å². The second-order valence-electron chi connectivity index (χ2n) is 5.27. The van der Waals surface area contributed by atoms with E-state index in [2.05, 4.69) is 0 Å². The predicted octanol–water partition coefficient (Wildman–Crippen LogP) is 2.61. The van der Waals surface area contributed by atoms with Crippen LogP contribution in [0.3, 0.4) is 0 Å². The van der Waals surface area contributed by atoms with Crippen LogP contribution in [-0.2, 0) is 20.8 Å². The third-order valence-corrected chi connectivity index (χ3v) is 4.84. The number of halogens is 3. The standard InChI is InChI=1S/C15H18F3NO3S/c1-11(20)14(23(21,22)9-8-19(2)3)10-12-6-4-5-7-13(12)15(16,17)18/h4-7,10H,8-9H2,1-3H3. The highest BCUT2D eigenvalue weighted by Gasteiger charge is 2.33. The van der Waals surface area contributed by atoms with E-state index in [1.165, 1.54) is 12.1 Å². The summed E-state index contributed by atoms with van der Waals surface area (Å²) in [5, 5.41) is 0. The maximum absolute atomic E-state index is 13.0. The lowest BCUT2D eigenvalue weighted by molar-refractivity contribution is -0.137. The number of nitrogens with zero attached hydrogens (tertiary/aromatic N) is 1. The molecule has 0 radical (unpaired) electrons. The van der Waals surface area contributed by atoms with Crippen molar-refractivity contribution in [3.63, 3.8) is 0 Å². The normalized spacial score (nSPS) is 13.4. The van der Waals surface area contributed by atoms with Gasteiger partial charge in [0.15, 0.2) is 15.6 Å². The van der Waals surface area contributed by atoms with Gasteiger partial charge in [-0.3, -0.25) is 4.79 Å². The van der Waals surface area contributed by atoms with Crippen LogP contribution in [0.5, 0.6) is 0 Å². The highest BCUT2D eigenvalue weighted by molar-refractivity contribution is 7.96. The number of carbonyl (C=O) groups excluding carboxylic acids is 1. The second-order valence-corrected chi connectivity index (χ2v) is 7.35. The number of carbonyl (C=O) groups is 1. The molecule has 0 heterocycles. The van der Waals surface area contributed by atoms with Crippen LogP contribution in [0.25, 0.3) is 6.08 Å². The minimum Gasteiger partial charge on any atom is -0.308 e. The highest BCUT2D eigenvalue weighted by Crippen LogP contribution is 2.33. The van der Waals surface area contributed by atoms with Crippen LogP contribution in [0.15, 0.2) is 29.2 Å². The fourth-order valence-corrected chi connectivity index (χ4v) is 3.42. The van der Waals surface area contributed by atoms with Gasteiger partial charge >= 0.3 is 6.18 Å². The molecule has 0 aliphatic heterocycles. The second kappa shape index (κ2) is 7.27. The van der Waals surface area contributed by atoms with Gasteiger partial charge < -0.3 is 4.90 Å². The molecule has 23 heavy (non-hydrogen) atoms. The van der Waals surface area contributed by atoms with Gasteiger partial charge in [0.1, 0.15) is 4.91 Å². The highest BCUT2D eigenvalue weighted by atomic mass is 32.2. The fourth-order valence-electron chi connectivity index (χ4n) is 1.85. The van der Waals surface area contributed by atoms with E-state index in [1.54, 1.807) is 19.0 Å². The summed E-state index contributed by atoms with van der Waals surface area (Å²) >= 11 is 0. The monoisotopic (exact) mass is 349 g/mol. The number of sulfone groups is 1. The van der Waals surface area contributed by atoms with Gasteiger partial charge in [-0.05, 0) is 38.7 Å². The summed E-state index contributed by atoms with van der Waals surface area (Å²) in [7, 11) is -0.658. The third kappa shape index (κ3) is 5.47. The average Bonchev–Trinajstić information content (AvgIpc) is 2.41. The van der Waals surface area contributed by atoms with Gasteiger partial charge in [-0.2, -0.15) is 13.2 Å². The zero-order valence-corrected chi connectivity index (χ0v) is 13.8. The van der Waals surface area contributed by atoms with Crippen molar-refractivity contribution in [3.8, 4) is 0 Å². The quantitative estimate of drug-likeness (QED) is 0.741. The Labute approximate surface area is 133 Å². The molecule has 0 unspecified atom stereocenters. The Morgan fingerprint density at radius 3 is 2.26 bits per heavy atom. The molecule has 1 aromatic rings. The molecule has 0 saturated carbocycles. The first-order valence-corrected chi connectivity index (χ1v) is 8.36. The molecule has 0 fully saturated rings. The summed E-state index contributed by atoms with van der Waals surface area (Å²) in [5.74, 6) is -1.14. The Kier molecular flexibility index (Phi) is 6.12. The Morgan fingerprint density at radius 1 is 1.22 bits per heavy atom. The molecule has 0 spiro atoms. The fraction of sp³-hybridized carbons (Fsp3) is 0.400. The molecule has 0 N–H and O–H groups in total. The smallest absolute Gasteiger partial charge is 0.308 e. The molecule has 4 nitrogen and oxygen atoms in total. The molecule has 128 valence electrons. The first kappa shape index (κ1) is 19.4. The average molecular weight is 349 g/mol. The molecule has 0 saturated heterocycles. The molecule has 1 aromatic carbocycles. The molecule has 0 atom stereocenters. The molecule has 0 bridgehead atoms. The van der Waals surface area contributed by atoms with Crippen LogP contribution < -0.4 is 0 Å². The molecular formula is C15H18F3NO3S. The van der Waals surface area contributed by atoms with Crippen molar-refractivity contribution in [2.45, 2.75) is 13.1 Å². The lowest BCUT2D eigenvalue weighted by Crippen LogP contribution is -2.24. The Morgan fingerprint density at radius 2 is 1.78 bits per heavy atom. The van der Waals surface area contributed by atoms with Crippen molar-refractivity contribution < 1.29 is 26.4 Å². The Balaban J connectivity index is 3.38. The molecule has 0 aliphatic carbocycles. The van der Waals surface area contributed by atoms with Gasteiger partial charge in [-0.15, -0.1) is 0 Å². The van der Waals surface area contributed by atoms with Crippen molar-refractivity contribution in [1.82, 2.24) is 4.90 Å². The van der Waals surface area contributed by atoms with E-state index in [1.807, 2.05) is 0 Å². The van der Waals surface area contributed by atoms with Crippen molar-refractivity contribution in [1.29, 1.82) is 0 Å². The zero-order chi connectivity index (χ0) is 17.8. The summed E-state index contributed by atoms with van der Waals surface area (Å²) in [6.45, 7) is 1.18. The van der Waals surface area contributed by atoms with E-state index in [0.29, 0.717) is 0 Å². The predicted molar refractivity (Wildman–Crippen MR) is 82.4 cm³/mol. The topological polar surface area (TPSA) is 54.5 Å². The van der Waals surface area contributed by atoms with Gasteiger partial charge in [-0.1, -0.05) is 18.2 Å². The van der Waals surface area contributed by atoms with E-state index in [-0.39, 0.29) is 17.9 Å². The largest absolute Gasteiger partial charge is 0.416 e. The van der Waals surface area contributed by atoms with Crippen molar-refractivity contribution in [3.05, 3.63) is 40.3 Å². The first-order valence-electron chi connectivity index (χ1n) is 6.71. The number of allylic oxidation sites excluding steroid dienone is 1. The number of alkyl halides is 3. The number of ketones is 1. The number of Topliss-reactive ketones (excluding diaryl/α,β-unsaturated/α-hetero) is 1. The van der Waals surface area contributed by atoms with Crippen LogP contribution in [-0.4, -0.2) is 45.5 Å². The summed E-state index contributed by atoms with van der Waals surface area (Å²) < 4.78 is 63.4. The number of hydrogen-bond donors (Lipinski definition) is 0. The van der Waals surface area contributed by atoms with E-state index >= 15 is 0 Å². The number of benzene rings is 1. The van der Waals surface area contributed by atoms with Gasteiger partial charge in [-0.25, -0.2) is 8.42 Å². The van der Waals surface area contributed by atoms with Gasteiger partial charge in [0.25, 0.3) is 0 Å². The zero-order valence-electron chi connectivity index (χ0n) is 13.0. The van der Waals surface area contributed by atoms with Gasteiger partial charge in [0, 0.05) is 6.54 Å². The van der Waals surface area contributed by atoms with E-state index in [0.717, 1.165) is 25.1 Å². The minimum atomic E-state index is -4.64. The maximum atomic E-state index is 13.0. The number of hydrogen-bond acceptors (Lipinski definition) is 4. The Bertz CT molecular complexity index is 707. The molecule has 0 aromatic heterocycles. The van der Waals surface area contributed by atoms with E-state index in [4.69, 9.17) is 0 Å². The maximum Gasteiger partial charge on any atom is 0.416 e. The van der Waals surface area contributed by atoms with Crippen molar-refractivity contribution in [2.75, 3.05) is 26.4 Å². The van der Waals surface area contributed by atoms with Gasteiger partial charge in [0.05, 0.1) is 11.3 Å². The lowest BCUT2D eigenvalue weighted by Gasteiger charge is -2.13. The molecular weight excluding hydrogens is 331 g/mol. The van der Waals surface area contributed by atoms with Crippen LogP contribution in [0, 0.1) is 0 Å².